The van der Waals surface area contributed by atoms with E-state index in [-0.39, 0.29) is 32.0 Å². The summed E-state index contributed by atoms with van der Waals surface area (Å²) < 4.78 is 19.8. The summed E-state index contributed by atoms with van der Waals surface area (Å²) in [5.74, 6) is 0.0801. The number of hydrogen-bond donors (Lipinski definition) is 1. The minimum Gasteiger partial charge on any atom is -0.493 e. The van der Waals surface area contributed by atoms with Gasteiger partial charge >= 0.3 is 11.9 Å². The van der Waals surface area contributed by atoms with Crippen molar-refractivity contribution >= 4 is 24.0 Å². The molecule has 0 atom stereocenters. The molecule has 8 heteroatoms. The average Bonchev–Trinajstić information content (AvgIpc) is 2.56. The number of carbonyl (C=O) groups is 3. The summed E-state index contributed by atoms with van der Waals surface area (Å²) in [7, 11) is 2.59. The normalized spacial score (nSPS) is 9.65. The summed E-state index contributed by atoms with van der Waals surface area (Å²) in [5, 5.41) is 2.49. The van der Waals surface area contributed by atoms with E-state index in [0.29, 0.717) is 23.6 Å². The van der Waals surface area contributed by atoms with E-state index in [1.807, 2.05) is 0 Å². The van der Waals surface area contributed by atoms with Crippen LogP contribution in [0.25, 0.3) is 0 Å². The van der Waals surface area contributed by atoms with Crippen LogP contribution < -0.4 is 14.8 Å². The van der Waals surface area contributed by atoms with Gasteiger partial charge in [0.2, 0.25) is 6.41 Å². The van der Waals surface area contributed by atoms with Crippen molar-refractivity contribution in [3.8, 4) is 11.5 Å². The number of nitrogens with one attached hydrogen (secondary N) is 1. The molecule has 1 rings (SSSR count). The number of carbonyl (C=O) groups excluding carboxylic acids is 3. The smallest absolute Gasteiger partial charge is 0.308 e. The van der Waals surface area contributed by atoms with E-state index in [1.165, 1.54) is 14.2 Å². The van der Waals surface area contributed by atoms with Crippen molar-refractivity contribution in [2.24, 2.45) is 0 Å². The maximum atomic E-state index is 11.0. The van der Waals surface area contributed by atoms with Crippen LogP contribution in [0, 0.1) is 0 Å². The highest BCUT2D eigenvalue weighted by Crippen LogP contribution is 2.29. The molecule has 8 nitrogen and oxygen atoms in total. The number of ether oxygens (including phenoxy) is 4. The quantitative estimate of drug-likeness (QED) is 0.508. The molecule has 0 heterocycles. The zero-order valence-electron chi connectivity index (χ0n) is 13.0. The maximum Gasteiger partial charge on any atom is 0.308 e. The molecule has 23 heavy (non-hydrogen) atoms. The molecule has 126 valence electrons. The van der Waals surface area contributed by atoms with Crippen LogP contribution in [0.4, 0.5) is 5.69 Å². The molecule has 1 aromatic carbocycles. The van der Waals surface area contributed by atoms with E-state index in [9.17, 15) is 14.4 Å². The number of amides is 1. The van der Waals surface area contributed by atoms with Crippen molar-refractivity contribution in [1.82, 2.24) is 0 Å². The van der Waals surface area contributed by atoms with Gasteiger partial charge in [-0.3, -0.25) is 14.4 Å². The number of esters is 2. The SMILES string of the molecule is COC(=O)CCOc1ccc(OCCC(=O)OC)c(NC=O)c1. The van der Waals surface area contributed by atoms with Crippen molar-refractivity contribution in [3.05, 3.63) is 18.2 Å². The van der Waals surface area contributed by atoms with E-state index >= 15 is 0 Å². The molecule has 0 aliphatic rings. The van der Waals surface area contributed by atoms with E-state index in [4.69, 9.17) is 9.47 Å². The predicted octanol–water partition coefficient (Wildman–Crippen LogP) is 1.14. The number of hydrogen-bond acceptors (Lipinski definition) is 7. The lowest BCUT2D eigenvalue weighted by Crippen LogP contribution is -2.09. The van der Waals surface area contributed by atoms with Gasteiger partial charge in [-0.25, -0.2) is 0 Å². The van der Waals surface area contributed by atoms with Gasteiger partial charge in [-0.15, -0.1) is 0 Å². The predicted molar refractivity (Wildman–Crippen MR) is 80.4 cm³/mol. The Morgan fingerprint density at radius 2 is 1.65 bits per heavy atom. The van der Waals surface area contributed by atoms with Crippen LogP contribution in [0.2, 0.25) is 0 Å². The van der Waals surface area contributed by atoms with Gasteiger partial charge in [0, 0.05) is 6.07 Å². The van der Waals surface area contributed by atoms with Crippen molar-refractivity contribution < 1.29 is 33.3 Å². The van der Waals surface area contributed by atoms with Crippen LogP contribution >= 0.6 is 0 Å². The highest BCUT2D eigenvalue weighted by atomic mass is 16.5. The van der Waals surface area contributed by atoms with Gasteiger partial charge in [0.15, 0.2) is 0 Å². The number of anilines is 1. The van der Waals surface area contributed by atoms with Gasteiger partial charge in [0.05, 0.1) is 46.0 Å². The highest BCUT2D eigenvalue weighted by molar-refractivity contribution is 5.76. The first-order chi connectivity index (χ1) is 11.1. The summed E-state index contributed by atoms with van der Waals surface area (Å²) in [5.41, 5.74) is 0.389. The molecular formula is C15H19NO7. The molecule has 0 unspecified atom stereocenters. The Balaban J connectivity index is 2.63. The molecule has 0 aliphatic heterocycles. The minimum absolute atomic E-state index is 0.0917. The van der Waals surface area contributed by atoms with E-state index in [2.05, 4.69) is 14.8 Å². The van der Waals surface area contributed by atoms with Crippen LogP contribution in [0.3, 0.4) is 0 Å². The molecule has 0 aliphatic carbocycles. The van der Waals surface area contributed by atoms with Gasteiger partial charge < -0.3 is 24.3 Å². The number of rotatable bonds is 10. The van der Waals surface area contributed by atoms with Gasteiger partial charge in [0.1, 0.15) is 11.5 Å². The average molecular weight is 325 g/mol. The second kappa shape index (κ2) is 10.0. The Hall–Kier alpha value is -2.77. The molecule has 0 spiro atoms. The summed E-state index contributed by atoms with van der Waals surface area (Å²) in [6, 6.07) is 4.77. The Bertz CT molecular complexity index is 545. The van der Waals surface area contributed by atoms with Gasteiger partial charge in [-0.2, -0.15) is 0 Å². The molecule has 1 amide bonds. The Labute approximate surface area is 133 Å². The van der Waals surface area contributed by atoms with Crippen molar-refractivity contribution in [2.45, 2.75) is 12.8 Å². The lowest BCUT2D eigenvalue weighted by molar-refractivity contribution is -0.142. The zero-order chi connectivity index (χ0) is 17.1. The van der Waals surface area contributed by atoms with E-state index < -0.39 is 5.97 Å². The molecule has 1 aromatic rings. The van der Waals surface area contributed by atoms with Crippen molar-refractivity contribution in [3.63, 3.8) is 0 Å². The second-order valence-electron chi connectivity index (χ2n) is 4.27. The third kappa shape index (κ3) is 6.68. The lowest BCUT2D eigenvalue weighted by atomic mass is 10.2. The summed E-state index contributed by atoms with van der Waals surface area (Å²) in [6.07, 6.45) is 0.708. The third-order valence-electron chi connectivity index (χ3n) is 2.76. The van der Waals surface area contributed by atoms with Gasteiger partial charge in [-0.1, -0.05) is 0 Å². The Kier molecular flexibility index (Phi) is 7.98. The fraction of sp³-hybridized carbons (Fsp3) is 0.400. The largest absolute Gasteiger partial charge is 0.493 e. The fourth-order valence-corrected chi connectivity index (χ4v) is 1.60. The Morgan fingerprint density at radius 1 is 1.04 bits per heavy atom. The summed E-state index contributed by atoms with van der Waals surface area (Å²) in [4.78, 5) is 32.7. The zero-order valence-corrected chi connectivity index (χ0v) is 13.0. The van der Waals surface area contributed by atoms with Crippen LogP contribution in [-0.4, -0.2) is 45.8 Å². The topological polar surface area (TPSA) is 100 Å². The van der Waals surface area contributed by atoms with E-state index in [1.54, 1.807) is 18.2 Å². The van der Waals surface area contributed by atoms with Crippen molar-refractivity contribution in [2.75, 3.05) is 32.8 Å². The highest BCUT2D eigenvalue weighted by Gasteiger charge is 2.08. The van der Waals surface area contributed by atoms with Gasteiger partial charge in [0.25, 0.3) is 0 Å². The van der Waals surface area contributed by atoms with Crippen LogP contribution in [0.15, 0.2) is 18.2 Å². The summed E-state index contributed by atoms with van der Waals surface area (Å²) in [6.45, 7) is 0.262. The Morgan fingerprint density at radius 3 is 2.22 bits per heavy atom. The molecule has 0 radical (unpaired) electrons. The molecule has 0 aromatic heterocycles. The monoisotopic (exact) mass is 325 g/mol. The standard InChI is InChI=1S/C15H19NO7/c1-20-14(18)5-7-22-11-3-4-13(12(9-11)16-10-17)23-8-6-15(19)21-2/h3-4,9-10H,5-8H2,1-2H3,(H,16,17). The summed E-state index contributed by atoms with van der Waals surface area (Å²) >= 11 is 0. The van der Waals surface area contributed by atoms with Crippen LogP contribution in [0.5, 0.6) is 11.5 Å². The van der Waals surface area contributed by atoms with Crippen LogP contribution in [-0.2, 0) is 23.9 Å². The molecule has 0 bridgehead atoms. The first kappa shape index (κ1) is 18.3. The maximum absolute atomic E-state index is 11.0. The molecule has 1 N–H and O–H groups in total. The minimum atomic E-state index is -0.391. The molecular weight excluding hydrogens is 306 g/mol. The first-order valence-electron chi connectivity index (χ1n) is 6.84. The molecule has 0 saturated carbocycles. The number of benzene rings is 1. The first-order valence-corrected chi connectivity index (χ1v) is 6.84. The molecule has 0 fully saturated rings. The van der Waals surface area contributed by atoms with E-state index in [0.717, 1.165) is 0 Å². The van der Waals surface area contributed by atoms with Crippen LogP contribution in [0.1, 0.15) is 12.8 Å². The third-order valence-corrected chi connectivity index (χ3v) is 2.76. The fourth-order valence-electron chi connectivity index (χ4n) is 1.60. The van der Waals surface area contributed by atoms with Crippen molar-refractivity contribution in [1.29, 1.82) is 0 Å². The second-order valence-corrected chi connectivity index (χ2v) is 4.27. The van der Waals surface area contributed by atoms with Gasteiger partial charge in [-0.05, 0) is 12.1 Å². The number of methoxy groups -OCH3 is 2. The molecule has 0 saturated heterocycles. The lowest BCUT2D eigenvalue weighted by Gasteiger charge is -2.12.